The van der Waals surface area contributed by atoms with Crippen molar-refractivity contribution in [3.8, 4) is 0 Å². The molecule has 1 N–H and O–H groups in total. The van der Waals surface area contributed by atoms with Gasteiger partial charge in [0, 0.05) is 11.4 Å². The Morgan fingerprint density at radius 3 is 2.13 bits per heavy atom. The first-order valence-corrected chi connectivity index (χ1v) is 9.81. The lowest BCUT2D eigenvalue weighted by Crippen LogP contribution is -2.37. The van der Waals surface area contributed by atoms with E-state index in [0.29, 0.717) is 24.2 Å². The van der Waals surface area contributed by atoms with Crippen LogP contribution in [0.15, 0.2) is 12.2 Å². The summed E-state index contributed by atoms with van der Waals surface area (Å²) in [6, 6.07) is 0. The number of aromatic nitrogens is 1. The van der Waals surface area contributed by atoms with Crippen LogP contribution in [0.25, 0.3) is 0 Å². The number of rotatable bonds is 7. The van der Waals surface area contributed by atoms with Gasteiger partial charge in [-0.25, -0.2) is 4.79 Å². The summed E-state index contributed by atoms with van der Waals surface area (Å²) in [7, 11) is 0. The second-order valence-corrected chi connectivity index (χ2v) is 7.35. The Kier molecular flexibility index (Phi) is 6.19. The molecule has 9 heteroatoms. The third-order valence-corrected chi connectivity index (χ3v) is 5.38. The molecule has 1 aliphatic carbocycles. The first kappa shape index (κ1) is 21.5. The van der Waals surface area contributed by atoms with Gasteiger partial charge in [0.1, 0.15) is 6.54 Å². The highest BCUT2D eigenvalue weighted by molar-refractivity contribution is 6.09. The zero-order chi connectivity index (χ0) is 22.0. The monoisotopic (exact) mass is 416 g/mol. The molecule has 3 rings (SSSR count). The van der Waals surface area contributed by atoms with Crippen LogP contribution in [0.5, 0.6) is 0 Å². The number of ether oxygens (including phenoxy) is 2. The van der Waals surface area contributed by atoms with Crippen molar-refractivity contribution in [1.82, 2.24) is 9.88 Å². The van der Waals surface area contributed by atoms with Gasteiger partial charge < -0.3 is 14.5 Å². The van der Waals surface area contributed by atoms with E-state index in [2.05, 4.69) is 4.98 Å². The number of aromatic amines is 1. The molecule has 1 aliphatic heterocycles. The SMILES string of the molecule is CCOC(=O)c1c(C)[nH]c(C)c1C(=O)COC(=O)CN1C(=O)[C@H]2CC=CC[C@H]2C1=O. The molecule has 9 nitrogen and oxygen atoms in total. The summed E-state index contributed by atoms with van der Waals surface area (Å²) >= 11 is 0. The molecule has 0 unspecified atom stereocenters. The van der Waals surface area contributed by atoms with Crippen LogP contribution in [0.4, 0.5) is 0 Å². The maximum Gasteiger partial charge on any atom is 0.340 e. The minimum absolute atomic E-state index is 0.101. The van der Waals surface area contributed by atoms with Gasteiger partial charge in [-0.05, 0) is 33.6 Å². The standard InChI is InChI=1S/C21H24N2O7/c1-4-29-21(28)18-12(3)22-11(2)17(18)15(24)10-30-16(25)9-23-19(26)13-7-5-6-8-14(13)20(23)27/h5-6,13-14,22H,4,7-10H2,1-3H3/t13-,14+. The van der Waals surface area contributed by atoms with E-state index in [-0.39, 0.29) is 29.5 Å². The minimum atomic E-state index is -0.862. The van der Waals surface area contributed by atoms with Crippen LogP contribution in [-0.4, -0.2) is 59.2 Å². The van der Waals surface area contributed by atoms with E-state index in [1.807, 2.05) is 12.2 Å². The number of imide groups is 1. The molecule has 1 aromatic rings. The van der Waals surface area contributed by atoms with E-state index in [0.717, 1.165) is 4.90 Å². The fraction of sp³-hybridized carbons (Fsp3) is 0.476. The first-order chi connectivity index (χ1) is 14.3. The molecule has 1 aromatic heterocycles. The summed E-state index contributed by atoms with van der Waals surface area (Å²) < 4.78 is 10.0. The lowest BCUT2D eigenvalue weighted by atomic mass is 9.85. The molecule has 0 aromatic carbocycles. The third-order valence-electron chi connectivity index (χ3n) is 5.38. The van der Waals surface area contributed by atoms with Crippen LogP contribution in [0.2, 0.25) is 0 Å². The molecule has 2 heterocycles. The number of hydrogen-bond acceptors (Lipinski definition) is 7. The number of fused-ring (bicyclic) bond motifs is 1. The number of amides is 2. The summed E-state index contributed by atoms with van der Waals surface area (Å²) in [5.74, 6) is -3.73. The molecule has 1 saturated heterocycles. The largest absolute Gasteiger partial charge is 0.462 e. The van der Waals surface area contributed by atoms with Crippen molar-refractivity contribution in [3.05, 3.63) is 34.7 Å². The Hall–Kier alpha value is -3.23. The lowest BCUT2D eigenvalue weighted by Gasteiger charge is -2.14. The van der Waals surface area contributed by atoms with Crippen molar-refractivity contribution in [2.75, 3.05) is 19.8 Å². The van der Waals surface area contributed by atoms with Gasteiger partial charge in [-0.15, -0.1) is 0 Å². The summed E-state index contributed by atoms with van der Waals surface area (Å²) in [4.78, 5) is 65.7. The number of esters is 2. The predicted octanol–water partition coefficient (Wildman–Crippen LogP) is 1.49. The van der Waals surface area contributed by atoms with Gasteiger partial charge in [-0.2, -0.15) is 0 Å². The number of nitrogens with one attached hydrogen (secondary N) is 1. The maximum atomic E-state index is 12.6. The second kappa shape index (κ2) is 8.64. The number of nitrogens with zero attached hydrogens (tertiary/aromatic N) is 1. The van der Waals surface area contributed by atoms with Crippen LogP contribution in [0.1, 0.15) is 51.9 Å². The number of H-pyrrole nitrogens is 1. The van der Waals surface area contributed by atoms with Gasteiger partial charge in [0.15, 0.2) is 6.61 Å². The van der Waals surface area contributed by atoms with Crippen LogP contribution >= 0.6 is 0 Å². The van der Waals surface area contributed by atoms with Gasteiger partial charge >= 0.3 is 11.9 Å². The Morgan fingerprint density at radius 2 is 1.57 bits per heavy atom. The molecule has 0 spiro atoms. The number of aryl methyl sites for hydroxylation is 2. The maximum absolute atomic E-state index is 12.6. The van der Waals surface area contributed by atoms with Crippen molar-refractivity contribution < 1.29 is 33.4 Å². The Labute approximate surface area is 173 Å². The third kappa shape index (κ3) is 3.92. The Balaban J connectivity index is 1.63. The van der Waals surface area contributed by atoms with Crippen LogP contribution in [0.3, 0.4) is 0 Å². The highest BCUT2D eigenvalue weighted by Crippen LogP contribution is 2.34. The molecule has 30 heavy (non-hydrogen) atoms. The number of carbonyl (C=O) groups excluding carboxylic acids is 5. The summed E-state index contributed by atoms with van der Waals surface area (Å²) in [6.07, 6.45) is 4.66. The van der Waals surface area contributed by atoms with Gasteiger partial charge in [-0.1, -0.05) is 12.2 Å². The van der Waals surface area contributed by atoms with E-state index in [1.54, 1.807) is 20.8 Å². The number of likely N-dealkylation sites (tertiary alicyclic amines) is 1. The zero-order valence-corrected chi connectivity index (χ0v) is 17.1. The van der Waals surface area contributed by atoms with Crippen LogP contribution < -0.4 is 0 Å². The van der Waals surface area contributed by atoms with Crippen molar-refractivity contribution in [1.29, 1.82) is 0 Å². The molecule has 2 aliphatic rings. The molecule has 2 amide bonds. The van der Waals surface area contributed by atoms with E-state index in [4.69, 9.17) is 9.47 Å². The van der Waals surface area contributed by atoms with Crippen molar-refractivity contribution in [2.45, 2.75) is 33.6 Å². The average molecular weight is 416 g/mol. The quantitative estimate of drug-likeness (QED) is 0.309. The molecule has 160 valence electrons. The molecular weight excluding hydrogens is 392 g/mol. The number of hydrogen-bond donors (Lipinski definition) is 1. The highest BCUT2D eigenvalue weighted by atomic mass is 16.5. The van der Waals surface area contributed by atoms with E-state index >= 15 is 0 Å². The first-order valence-electron chi connectivity index (χ1n) is 9.81. The molecular formula is C21H24N2O7. The van der Waals surface area contributed by atoms with Gasteiger partial charge in [-0.3, -0.25) is 24.1 Å². The van der Waals surface area contributed by atoms with E-state index in [1.165, 1.54) is 0 Å². The normalized spacial score (nSPS) is 20.3. The smallest absolute Gasteiger partial charge is 0.340 e. The van der Waals surface area contributed by atoms with Crippen LogP contribution in [-0.2, 0) is 23.9 Å². The Morgan fingerprint density at radius 1 is 1.00 bits per heavy atom. The average Bonchev–Trinajstić information content (AvgIpc) is 3.14. The molecule has 1 fully saturated rings. The zero-order valence-electron chi connectivity index (χ0n) is 17.1. The molecule has 0 saturated carbocycles. The van der Waals surface area contributed by atoms with E-state index < -0.39 is 42.7 Å². The van der Waals surface area contributed by atoms with Crippen molar-refractivity contribution >= 4 is 29.5 Å². The van der Waals surface area contributed by atoms with Gasteiger partial charge in [0.25, 0.3) is 0 Å². The van der Waals surface area contributed by atoms with E-state index in [9.17, 15) is 24.0 Å². The number of Topliss-reactive ketones (excluding diaryl/α,β-unsaturated/α-hetero) is 1. The van der Waals surface area contributed by atoms with Crippen molar-refractivity contribution in [2.24, 2.45) is 11.8 Å². The summed E-state index contributed by atoms with van der Waals surface area (Å²) in [6.45, 7) is 3.93. The topological polar surface area (TPSA) is 123 Å². The molecule has 0 radical (unpaired) electrons. The second-order valence-electron chi connectivity index (χ2n) is 7.35. The Bertz CT molecular complexity index is 917. The lowest BCUT2D eigenvalue weighted by molar-refractivity contribution is -0.152. The minimum Gasteiger partial charge on any atom is -0.462 e. The predicted molar refractivity (Wildman–Crippen MR) is 104 cm³/mol. The number of allylic oxidation sites excluding steroid dienone is 2. The van der Waals surface area contributed by atoms with Crippen molar-refractivity contribution in [3.63, 3.8) is 0 Å². The highest BCUT2D eigenvalue weighted by Gasteiger charge is 2.47. The summed E-state index contributed by atoms with van der Waals surface area (Å²) in [5, 5.41) is 0. The van der Waals surface area contributed by atoms with Crippen LogP contribution in [0, 0.1) is 25.7 Å². The molecule has 2 atom stereocenters. The van der Waals surface area contributed by atoms with Gasteiger partial charge in [0.05, 0.1) is 29.6 Å². The fourth-order valence-corrected chi connectivity index (χ4v) is 4.01. The number of carbonyl (C=O) groups is 5. The fourth-order valence-electron chi connectivity index (χ4n) is 4.01. The number of ketones is 1. The molecule has 0 bridgehead atoms. The summed E-state index contributed by atoms with van der Waals surface area (Å²) in [5.41, 5.74) is 1.14. The van der Waals surface area contributed by atoms with Gasteiger partial charge in [0.2, 0.25) is 17.6 Å².